The van der Waals surface area contributed by atoms with Crippen molar-refractivity contribution in [2.45, 2.75) is 45.1 Å². The monoisotopic (exact) mass is 300 g/mol. The van der Waals surface area contributed by atoms with Gasteiger partial charge in [0.15, 0.2) is 0 Å². The highest BCUT2D eigenvalue weighted by atomic mass is 16.5. The van der Waals surface area contributed by atoms with Gasteiger partial charge in [-0.2, -0.15) is 0 Å². The smallest absolute Gasteiger partial charge is 0.121 e. The molecule has 0 bridgehead atoms. The molecule has 0 saturated carbocycles. The number of aromatic nitrogens is 1. The van der Waals surface area contributed by atoms with Gasteiger partial charge in [-0.1, -0.05) is 13.8 Å². The maximum absolute atomic E-state index is 6.01. The van der Waals surface area contributed by atoms with Gasteiger partial charge in [-0.15, -0.1) is 0 Å². The molecule has 0 spiro atoms. The van der Waals surface area contributed by atoms with E-state index in [0.29, 0.717) is 12.0 Å². The van der Waals surface area contributed by atoms with Crippen molar-refractivity contribution in [1.82, 2.24) is 9.47 Å². The van der Waals surface area contributed by atoms with Crippen molar-refractivity contribution in [3.63, 3.8) is 0 Å². The highest BCUT2D eigenvalue weighted by Gasteiger charge is 2.20. The van der Waals surface area contributed by atoms with Crippen molar-refractivity contribution >= 4 is 10.9 Å². The molecule has 1 aromatic carbocycles. The highest BCUT2D eigenvalue weighted by Crippen LogP contribution is 2.30. The Labute approximate surface area is 133 Å². The number of fused-ring (bicyclic) bond motifs is 1. The summed E-state index contributed by atoms with van der Waals surface area (Å²) in [5, 5.41) is 1.35. The zero-order chi connectivity index (χ0) is 15.7. The predicted octanol–water partition coefficient (Wildman–Crippen LogP) is 4.16. The first-order chi connectivity index (χ1) is 10.6. The fraction of sp³-hybridized carbons (Fsp3) is 0.579. The van der Waals surface area contributed by atoms with E-state index in [1.807, 2.05) is 0 Å². The second-order valence-corrected chi connectivity index (χ2v) is 6.94. The van der Waals surface area contributed by atoms with Crippen LogP contribution in [0.2, 0.25) is 0 Å². The molecular weight excluding hydrogens is 272 g/mol. The standard InChI is InChI=1S/C19H28N2O/c1-14(2)18-13-21(4)19-12-16(7-8-17(18)19)22-11-9-15-6-5-10-20(15)3/h7-8,12-15H,5-6,9-11H2,1-4H3. The molecule has 3 rings (SSSR count). The number of hydrogen-bond donors (Lipinski definition) is 0. The average Bonchev–Trinajstić information content (AvgIpc) is 3.04. The zero-order valence-electron chi connectivity index (χ0n) is 14.3. The Morgan fingerprint density at radius 3 is 2.77 bits per heavy atom. The molecule has 120 valence electrons. The molecule has 22 heavy (non-hydrogen) atoms. The molecule has 1 aromatic heterocycles. The van der Waals surface area contributed by atoms with E-state index in [4.69, 9.17) is 4.74 Å². The fourth-order valence-corrected chi connectivity index (χ4v) is 3.60. The van der Waals surface area contributed by atoms with Crippen molar-refractivity contribution < 1.29 is 4.74 Å². The number of aryl methyl sites for hydroxylation is 1. The third-order valence-corrected chi connectivity index (χ3v) is 5.01. The molecule has 1 unspecified atom stereocenters. The van der Waals surface area contributed by atoms with Crippen molar-refractivity contribution in [3.05, 3.63) is 30.0 Å². The van der Waals surface area contributed by atoms with Gasteiger partial charge in [0.1, 0.15) is 5.75 Å². The second-order valence-electron chi connectivity index (χ2n) is 6.94. The average molecular weight is 300 g/mol. The van der Waals surface area contributed by atoms with Crippen LogP contribution in [0.1, 0.15) is 44.6 Å². The van der Waals surface area contributed by atoms with Crippen LogP contribution in [-0.4, -0.2) is 35.7 Å². The van der Waals surface area contributed by atoms with E-state index in [1.165, 1.54) is 35.9 Å². The largest absolute Gasteiger partial charge is 0.493 e. The van der Waals surface area contributed by atoms with E-state index >= 15 is 0 Å². The van der Waals surface area contributed by atoms with Crippen LogP contribution in [0.15, 0.2) is 24.4 Å². The number of nitrogens with zero attached hydrogens (tertiary/aromatic N) is 2. The summed E-state index contributed by atoms with van der Waals surface area (Å²) in [5.74, 6) is 1.54. The predicted molar refractivity (Wildman–Crippen MR) is 92.8 cm³/mol. The normalized spacial score (nSPS) is 19.4. The molecule has 0 N–H and O–H groups in total. The third kappa shape index (κ3) is 3.00. The Balaban J connectivity index is 1.68. The Hall–Kier alpha value is -1.48. The summed E-state index contributed by atoms with van der Waals surface area (Å²) >= 11 is 0. The van der Waals surface area contributed by atoms with Crippen LogP contribution < -0.4 is 4.74 Å². The first kappa shape index (κ1) is 15.4. The number of hydrogen-bond acceptors (Lipinski definition) is 2. The van der Waals surface area contributed by atoms with Crippen LogP contribution in [0.4, 0.5) is 0 Å². The Morgan fingerprint density at radius 1 is 1.27 bits per heavy atom. The minimum absolute atomic E-state index is 0.549. The quantitative estimate of drug-likeness (QED) is 0.825. The Kier molecular flexibility index (Phi) is 4.44. The molecule has 0 radical (unpaired) electrons. The molecule has 3 nitrogen and oxygen atoms in total. The molecule has 1 atom stereocenters. The van der Waals surface area contributed by atoms with E-state index in [-0.39, 0.29) is 0 Å². The topological polar surface area (TPSA) is 17.4 Å². The highest BCUT2D eigenvalue weighted by molar-refractivity contribution is 5.85. The summed E-state index contributed by atoms with van der Waals surface area (Å²) in [6.07, 6.45) is 6.01. The van der Waals surface area contributed by atoms with Gasteiger partial charge in [0, 0.05) is 30.7 Å². The maximum Gasteiger partial charge on any atom is 0.121 e. The van der Waals surface area contributed by atoms with Crippen molar-refractivity contribution in [1.29, 1.82) is 0 Å². The molecule has 1 saturated heterocycles. The molecule has 2 heterocycles. The summed E-state index contributed by atoms with van der Waals surface area (Å²) < 4.78 is 8.22. The minimum Gasteiger partial charge on any atom is -0.493 e. The van der Waals surface area contributed by atoms with Crippen LogP contribution in [0.25, 0.3) is 10.9 Å². The Morgan fingerprint density at radius 2 is 2.09 bits per heavy atom. The second kappa shape index (κ2) is 6.33. The molecular formula is C19H28N2O. The lowest BCUT2D eigenvalue weighted by Crippen LogP contribution is -2.26. The third-order valence-electron chi connectivity index (χ3n) is 5.01. The Bertz CT molecular complexity index is 644. The lowest BCUT2D eigenvalue weighted by molar-refractivity contribution is 0.233. The molecule has 2 aromatic rings. The first-order valence-corrected chi connectivity index (χ1v) is 8.48. The molecule has 0 amide bonds. The summed E-state index contributed by atoms with van der Waals surface area (Å²) in [6, 6.07) is 7.21. The van der Waals surface area contributed by atoms with Crippen LogP contribution in [0.5, 0.6) is 5.75 Å². The number of ether oxygens (including phenoxy) is 1. The van der Waals surface area contributed by atoms with Gasteiger partial charge in [-0.25, -0.2) is 0 Å². The number of rotatable bonds is 5. The summed E-state index contributed by atoms with van der Waals surface area (Å²) in [6.45, 7) is 6.54. The number of likely N-dealkylation sites (tertiary alicyclic amines) is 1. The van der Waals surface area contributed by atoms with Gasteiger partial charge < -0.3 is 14.2 Å². The summed E-state index contributed by atoms with van der Waals surface area (Å²) in [4.78, 5) is 2.46. The first-order valence-electron chi connectivity index (χ1n) is 8.48. The molecule has 1 fully saturated rings. The summed E-state index contributed by atoms with van der Waals surface area (Å²) in [7, 11) is 4.34. The number of benzene rings is 1. The lowest BCUT2D eigenvalue weighted by atomic mass is 10.0. The van der Waals surface area contributed by atoms with E-state index in [9.17, 15) is 0 Å². The van der Waals surface area contributed by atoms with Gasteiger partial charge in [-0.05, 0) is 56.5 Å². The van der Waals surface area contributed by atoms with Crippen LogP contribution in [0.3, 0.4) is 0 Å². The zero-order valence-corrected chi connectivity index (χ0v) is 14.3. The molecule has 1 aliphatic heterocycles. The lowest BCUT2D eigenvalue weighted by Gasteiger charge is -2.19. The van der Waals surface area contributed by atoms with Crippen LogP contribution in [-0.2, 0) is 7.05 Å². The van der Waals surface area contributed by atoms with Crippen molar-refractivity contribution in [2.75, 3.05) is 20.2 Å². The SMILES string of the molecule is CC(C)c1cn(C)c2cc(OCCC3CCCN3C)ccc12. The minimum atomic E-state index is 0.549. The van der Waals surface area contributed by atoms with Crippen molar-refractivity contribution in [2.24, 2.45) is 7.05 Å². The fourth-order valence-electron chi connectivity index (χ4n) is 3.60. The van der Waals surface area contributed by atoms with Gasteiger partial charge in [0.25, 0.3) is 0 Å². The van der Waals surface area contributed by atoms with E-state index < -0.39 is 0 Å². The van der Waals surface area contributed by atoms with Gasteiger partial charge in [0.2, 0.25) is 0 Å². The van der Waals surface area contributed by atoms with Crippen LogP contribution >= 0.6 is 0 Å². The summed E-state index contributed by atoms with van der Waals surface area (Å²) in [5.41, 5.74) is 2.68. The molecule has 1 aliphatic rings. The molecule has 0 aliphatic carbocycles. The van der Waals surface area contributed by atoms with E-state index in [1.54, 1.807) is 0 Å². The van der Waals surface area contributed by atoms with Crippen LogP contribution in [0, 0.1) is 0 Å². The molecule has 3 heteroatoms. The van der Waals surface area contributed by atoms with E-state index in [0.717, 1.165) is 18.8 Å². The van der Waals surface area contributed by atoms with E-state index in [2.05, 4.69) is 61.8 Å². The van der Waals surface area contributed by atoms with Gasteiger partial charge in [0.05, 0.1) is 12.1 Å². The van der Waals surface area contributed by atoms with Gasteiger partial charge in [-0.3, -0.25) is 0 Å². The van der Waals surface area contributed by atoms with Gasteiger partial charge >= 0.3 is 0 Å². The maximum atomic E-state index is 6.01. The van der Waals surface area contributed by atoms with Crippen molar-refractivity contribution in [3.8, 4) is 5.75 Å².